The average Bonchev–Trinajstić information content (AvgIpc) is 3.17. The van der Waals surface area contributed by atoms with Crippen LogP contribution >= 0.6 is 0 Å². The summed E-state index contributed by atoms with van der Waals surface area (Å²) in [4.78, 5) is 51.5. The van der Waals surface area contributed by atoms with Crippen molar-refractivity contribution in [2.45, 2.75) is 155 Å². The van der Waals surface area contributed by atoms with E-state index < -0.39 is 23.9 Å². The Morgan fingerprint density at radius 2 is 0.714 bits per heavy atom. The van der Waals surface area contributed by atoms with Gasteiger partial charge in [-0.25, -0.2) is 19.2 Å². The molecule has 0 unspecified atom stereocenters. The molecule has 56 heavy (non-hydrogen) atoms. The molecule has 0 amide bonds. The minimum absolute atomic E-state index is 0.0324. The second-order valence-corrected chi connectivity index (χ2v) is 15.8. The number of benzene rings is 5. The van der Waals surface area contributed by atoms with E-state index in [1.54, 1.807) is 18.2 Å². The zero-order chi connectivity index (χ0) is 40.2. The van der Waals surface area contributed by atoms with Crippen LogP contribution in [0.3, 0.4) is 0 Å². The Morgan fingerprint density at radius 1 is 0.357 bits per heavy atom. The normalized spacial score (nSPS) is 11.8. The molecule has 5 aromatic carbocycles. The van der Waals surface area contributed by atoms with E-state index in [2.05, 4.69) is 13.8 Å². The van der Waals surface area contributed by atoms with Crippen molar-refractivity contribution in [3.8, 4) is 0 Å². The Bertz CT molecular complexity index is 2140. The van der Waals surface area contributed by atoms with Gasteiger partial charge in [-0.2, -0.15) is 0 Å². The number of carboxylic acid groups (broad SMARTS) is 4. The molecule has 5 rings (SSSR count). The molecule has 0 bridgehead atoms. The van der Waals surface area contributed by atoms with E-state index >= 15 is 0 Å². The number of carbonyl (C=O) groups is 4. The zero-order valence-corrected chi connectivity index (χ0v) is 33.4. The number of hydrogen-bond donors (Lipinski definition) is 4. The van der Waals surface area contributed by atoms with E-state index in [0.717, 1.165) is 56.9 Å². The minimum Gasteiger partial charge on any atom is -0.478 e. The van der Waals surface area contributed by atoms with Gasteiger partial charge in [-0.1, -0.05) is 148 Å². The third kappa shape index (κ3) is 9.45. The summed E-state index contributed by atoms with van der Waals surface area (Å²) in [6, 6.07) is 9.27. The molecule has 5 aromatic rings. The summed E-state index contributed by atoms with van der Waals surface area (Å²) in [6.45, 7) is 4.44. The second kappa shape index (κ2) is 20.4. The Balaban J connectivity index is 1.66. The van der Waals surface area contributed by atoms with Crippen LogP contribution in [-0.2, 0) is 12.8 Å². The molecular formula is C48H60O8. The number of aromatic carboxylic acids is 4. The van der Waals surface area contributed by atoms with E-state index in [-0.39, 0.29) is 33.0 Å². The molecule has 8 nitrogen and oxygen atoms in total. The highest BCUT2D eigenvalue weighted by Gasteiger charge is 2.30. The quantitative estimate of drug-likeness (QED) is 0.0247. The molecule has 0 aliphatic heterocycles. The van der Waals surface area contributed by atoms with Gasteiger partial charge < -0.3 is 20.4 Å². The van der Waals surface area contributed by atoms with Crippen LogP contribution in [0.1, 0.15) is 195 Å². The summed E-state index contributed by atoms with van der Waals surface area (Å²) < 4.78 is 0. The van der Waals surface area contributed by atoms with E-state index in [1.807, 2.05) is 0 Å². The summed E-state index contributed by atoms with van der Waals surface area (Å²) in [5.74, 6) is -4.89. The highest BCUT2D eigenvalue weighted by atomic mass is 16.4. The smallest absolute Gasteiger partial charge is 0.336 e. The van der Waals surface area contributed by atoms with Gasteiger partial charge in [-0.15, -0.1) is 0 Å². The van der Waals surface area contributed by atoms with Gasteiger partial charge in [0, 0.05) is 10.8 Å². The van der Waals surface area contributed by atoms with Crippen LogP contribution in [0, 0.1) is 0 Å². The maximum absolute atomic E-state index is 13.5. The molecule has 0 saturated carbocycles. The van der Waals surface area contributed by atoms with Crippen molar-refractivity contribution >= 4 is 67.0 Å². The molecule has 0 fully saturated rings. The predicted octanol–water partition coefficient (Wildman–Crippen LogP) is 13.5. The first-order valence-electron chi connectivity index (χ1n) is 21.3. The van der Waals surface area contributed by atoms with E-state index in [4.69, 9.17) is 0 Å². The first kappa shape index (κ1) is 42.4. The first-order valence-corrected chi connectivity index (χ1v) is 21.3. The van der Waals surface area contributed by atoms with Crippen LogP contribution in [0.5, 0.6) is 0 Å². The van der Waals surface area contributed by atoms with Crippen molar-refractivity contribution < 1.29 is 39.6 Å². The number of carboxylic acids is 4. The maximum Gasteiger partial charge on any atom is 0.336 e. The third-order valence-corrected chi connectivity index (χ3v) is 11.9. The van der Waals surface area contributed by atoms with Crippen molar-refractivity contribution in [3.63, 3.8) is 0 Å². The summed E-state index contributed by atoms with van der Waals surface area (Å²) in [5.41, 5.74) is 1.17. The Labute approximate surface area is 330 Å². The van der Waals surface area contributed by atoms with Gasteiger partial charge in [0.1, 0.15) is 0 Å². The number of fused-ring (bicyclic) bond motifs is 2. The van der Waals surface area contributed by atoms with Gasteiger partial charge in [-0.05, 0) is 87.3 Å². The fourth-order valence-electron chi connectivity index (χ4n) is 9.08. The molecular weight excluding hydrogens is 705 g/mol. The predicted molar refractivity (Wildman–Crippen MR) is 227 cm³/mol. The number of unbranched alkanes of at least 4 members (excludes halogenated alkanes) is 18. The molecule has 0 heterocycles. The lowest BCUT2D eigenvalue weighted by Gasteiger charge is -2.24. The maximum atomic E-state index is 13.5. The lowest BCUT2D eigenvalue weighted by atomic mass is 9.78. The molecule has 0 aromatic heterocycles. The summed E-state index contributed by atoms with van der Waals surface area (Å²) in [5, 5.41) is 45.8. The molecule has 0 saturated heterocycles. The van der Waals surface area contributed by atoms with E-state index in [1.165, 1.54) is 95.2 Å². The molecule has 0 atom stereocenters. The van der Waals surface area contributed by atoms with Crippen molar-refractivity contribution in [1.29, 1.82) is 0 Å². The van der Waals surface area contributed by atoms with Gasteiger partial charge >= 0.3 is 23.9 Å². The minimum atomic E-state index is -1.25. The highest BCUT2D eigenvalue weighted by molar-refractivity contribution is 6.39. The molecule has 4 N–H and O–H groups in total. The summed E-state index contributed by atoms with van der Waals surface area (Å²) >= 11 is 0. The first-order chi connectivity index (χ1) is 27.1. The molecule has 0 spiro atoms. The van der Waals surface area contributed by atoms with Gasteiger partial charge in [-0.3, -0.25) is 0 Å². The van der Waals surface area contributed by atoms with Crippen LogP contribution in [0.15, 0.2) is 36.4 Å². The molecule has 0 aliphatic rings. The Morgan fingerprint density at radius 3 is 1.12 bits per heavy atom. The second-order valence-electron chi connectivity index (χ2n) is 15.8. The van der Waals surface area contributed by atoms with Crippen LogP contribution in [0.25, 0.3) is 43.1 Å². The lowest BCUT2D eigenvalue weighted by Crippen LogP contribution is -2.13. The van der Waals surface area contributed by atoms with Crippen LogP contribution in [0.4, 0.5) is 0 Å². The molecule has 8 heteroatoms. The third-order valence-electron chi connectivity index (χ3n) is 11.9. The number of hydrogen-bond acceptors (Lipinski definition) is 4. The van der Waals surface area contributed by atoms with Crippen molar-refractivity contribution in [1.82, 2.24) is 0 Å². The fourth-order valence-corrected chi connectivity index (χ4v) is 9.08. The Hall–Kier alpha value is -4.72. The average molecular weight is 765 g/mol. The molecule has 0 aliphatic carbocycles. The molecule has 0 radical (unpaired) electrons. The largest absolute Gasteiger partial charge is 0.478 e. The lowest BCUT2D eigenvalue weighted by molar-refractivity contribution is 0.0680. The molecule has 300 valence electrons. The van der Waals surface area contributed by atoms with Crippen LogP contribution in [0.2, 0.25) is 0 Å². The van der Waals surface area contributed by atoms with Gasteiger partial charge in [0.25, 0.3) is 0 Å². The standard InChI is InChI=1S/C48H60O8/c1-3-5-7-9-11-13-15-17-19-21-23-31-32(24-22-20-18-16-14-12-10-8-6-4-2)44(48(55)56)43-38(47(53)54)29-26-34-33-25-28-36(45(49)50)41-37(46(51)52)30-27-35(39(33)41)40(31)42(34)43/h25-30H,3-24H2,1-2H3,(H,49,50)(H,51,52)(H,53,54)(H,55,56). The van der Waals surface area contributed by atoms with E-state index in [0.29, 0.717) is 50.7 Å². The van der Waals surface area contributed by atoms with Crippen molar-refractivity contribution in [2.24, 2.45) is 0 Å². The summed E-state index contributed by atoms with van der Waals surface area (Å²) in [6.07, 6.45) is 23.7. The van der Waals surface area contributed by atoms with Gasteiger partial charge in [0.15, 0.2) is 0 Å². The number of aryl methyl sites for hydroxylation is 1. The van der Waals surface area contributed by atoms with Crippen molar-refractivity contribution in [3.05, 3.63) is 69.8 Å². The monoisotopic (exact) mass is 764 g/mol. The highest BCUT2D eigenvalue weighted by Crippen LogP contribution is 2.47. The summed E-state index contributed by atoms with van der Waals surface area (Å²) in [7, 11) is 0. The van der Waals surface area contributed by atoms with Crippen molar-refractivity contribution in [2.75, 3.05) is 0 Å². The van der Waals surface area contributed by atoms with Crippen LogP contribution in [-0.4, -0.2) is 44.3 Å². The zero-order valence-electron chi connectivity index (χ0n) is 33.4. The van der Waals surface area contributed by atoms with Gasteiger partial charge in [0.2, 0.25) is 0 Å². The van der Waals surface area contributed by atoms with Crippen LogP contribution < -0.4 is 0 Å². The van der Waals surface area contributed by atoms with E-state index in [9.17, 15) is 39.6 Å². The Kier molecular flexibility index (Phi) is 15.5. The fraction of sp³-hybridized carbons (Fsp3) is 0.500. The van der Waals surface area contributed by atoms with Gasteiger partial charge in [0.05, 0.1) is 22.3 Å². The topological polar surface area (TPSA) is 149 Å². The SMILES string of the molecule is CCCCCCCCCCCCc1c(C(=O)O)c2c(C(=O)O)ccc3c4ccc(C(=O)O)c5c(C(=O)O)ccc(c(c1CCCCCCCCCCCC)c23)c54. The number of rotatable bonds is 26.